The van der Waals surface area contributed by atoms with E-state index < -0.39 is 0 Å². The van der Waals surface area contributed by atoms with Gasteiger partial charge in [0.05, 0.1) is 5.60 Å². The zero-order chi connectivity index (χ0) is 8.60. The number of hydrogen-bond acceptors (Lipinski definition) is 1. The van der Waals surface area contributed by atoms with Crippen LogP contribution in [0.5, 0.6) is 0 Å². The molecule has 12 heavy (non-hydrogen) atoms. The molecule has 2 unspecified atom stereocenters. The van der Waals surface area contributed by atoms with Gasteiger partial charge >= 0.3 is 0 Å². The van der Waals surface area contributed by atoms with E-state index in [9.17, 15) is 5.11 Å². The van der Waals surface area contributed by atoms with Crippen molar-refractivity contribution < 1.29 is 5.11 Å². The summed E-state index contributed by atoms with van der Waals surface area (Å²) in [6, 6.07) is 0. The van der Waals surface area contributed by atoms with Crippen molar-refractivity contribution in [1.29, 1.82) is 0 Å². The number of hydrogen-bond donors (Lipinski definition) is 1. The Hall–Kier alpha value is -0.0400. The van der Waals surface area contributed by atoms with Crippen LogP contribution in [-0.4, -0.2) is 10.7 Å². The van der Waals surface area contributed by atoms with Crippen LogP contribution in [0.15, 0.2) is 0 Å². The summed E-state index contributed by atoms with van der Waals surface area (Å²) in [7, 11) is 0. The first-order valence-electron chi connectivity index (χ1n) is 5.44. The first-order chi connectivity index (χ1) is 5.72. The van der Waals surface area contributed by atoms with E-state index in [1.54, 1.807) is 0 Å². The normalized spacial score (nSPS) is 47.5. The molecule has 0 aromatic carbocycles. The van der Waals surface area contributed by atoms with E-state index in [1.807, 2.05) is 0 Å². The SMILES string of the molecule is CCC1CC2CCC[C@](O)(C1)C2. The lowest BCUT2D eigenvalue weighted by atomic mass is 9.65. The monoisotopic (exact) mass is 168 g/mol. The molecule has 70 valence electrons. The fraction of sp³-hybridized carbons (Fsp3) is 1.00. The minimum absolute atomic E-state index is 0.248. The van der Waals surface area contributed by atoms with Crippen molar-refractivity contribution in [3.8, 4) is 0 Å². The van der Waals surface area contributed by atoms with Crippen LogP contribution in [0.25, 0.3) is 0 Å². The molecule has 2 aliphatic rings. The van der Waals surface area contributed by atoms with Crippen molar-refractivity contribution in [3.63, 3.8) is 0 Å². The average molecular weight is 168 g/mol. The van der Waals surface area contributed by atoms with Crippen molar-refractivity contribution >= 4 is 0 Å². The third-order valence-electron chi connectivity index (χ3n) is 3.84. The Bertz CT molecular complexity index is 166. The van der Waals surface area contributed by atoms with Crippen LogP contribution in [0.2, 0.25) is 0 Å². The van der Waals surface area contributed by atoms with E-state index in [0.29, 0.717) is 0 Å². The van der Waals surface area contributed by atoms with Gasteiger partial charge in [-0.3, -0.25) is 0 Å². The second-order valence-electron chi connectivity index (χ2n) is 4.90. The largest absolute Gasteiger partial charge is 0.390 e. The lowest BCUT2D eigenvalue weighted by Gasteiger charge is -2.45. The Balaban J connectivity index is 2.05. The first-order valence-corrected chi connectivity index (χ1v) is 5.44. The number of rotatable bonds is 1. The summed E-state index contributed by atoms with van der Waals surface area (Å²) < 4.78 is 0. The molecule has 0 aromatic heterocycles. The molecule has 1 nitrogen and oxygen atoms in total. The number of fused-ring (bicyclic) bond motifs is 2. The lowest BCUT2D eigenvalue weighted by molar-refractivity contribution is -0.0675. The summed E-state index contributed by atoms with van der Waals surface area (Å²) in [6.45, 7) is 2.26. The third kappa shape index (κ3) is 1.52. The van der Waals surface area contributed by atoms with Crippen LogP contribution < -0.4 is 0 Å². The van der Waals surface area contributed by atoms with E-state index in [1.165, 1.54) is 25.7 Å². The summed E-state index contributed by atoms with van der Waals surface area (Å²) in [6.07, 6.45) is 8.54. The topological polar surface area (TPSA) is 20.2 Å². The third-order valence-corrected chi connectivity index (χ3v) is 3.84. The highest BCUT2D eigenvalue weighted by Gasteiger charge is 2.40. The van der Waals surface area contributed by atoms with Gasteiger partial charge in [0.2, 0.25) is 0 Å². The number of aliphatic hydroxyl groups is 1. The van der Waals surface area contributed by atoms with Gasteiger partial charge in [-0.2, -0.15) is 0 Å². The minimum atomic E-state index is -0.248. The molecule has 0 aromatic rings. The predicted molar refractivity (Wildman–Crippen MR) is 49.9 cm³/mol. The van der Waals surface area contributed by atoms with Gasteiger partial charge < -0.3 is 5.11 Å². The molecule has 2 fully saturated rings. The maximum atomic E-state index is 10.2. The van der Waals surface area contributed by atoms with Crippen LogP contribution in [0.4, 0.5) is 0 Å². The highest BCUT2D eigenvalue weighted by molar-refractivity contribution is 4.93. The van der Waals surface area contributed by atoms with E-state index >= 15 is 0 Å². The van der Waals surface area contributed by atoms with Crippen LogP contribution >= 0.6 is 0 Å². The zero-order valence-electron chi connectivity index (χ0n) is 8.05. The van der Waals surface area contributed by atoms with Gasteiger partial charge in [-0.05, 0) is 37.5 Å². The van der Waals surface area contributed by atoms with E-state index in [2.05, 4.69) is 6.92 Å². The molecule has 0 aliphatic heterocycles. The molecule has 1 heteroatoms. The van der Waals surface area contributed by atoms with Crippen molar-refractivity contribution in [1.82, 2.24) is 0 Å². The van der Waals surface area contributed by atoms with E-state index in [0.717, 1.165) is 31.1 Å². The summed E-state index contributed by atoms with van der Waals surface area (Å²) >= 11 is 0. The zero-order valence-corrected chi connectivity index (χ0v) is 8.05. The molecule has 1 N–H and O–H groups in total. The molecule has 0 radical (unpaired) electrons. The van der Waals surface area contributed by atoms with Gasteiger partial charge in [0.15, 0.2) is 0 Å². The van der Waals surface area contributed by atoms with Crippen LogP contribution in [0.3, 0.4) is 0 Å². The van der Waals surface area contributed by atoms with Crippen molar-refractivity contribution in [2.75, 3.05) is 0 Å². The van der Waals surface area contributed by atoms with Crippen molar-refractivity contribution in [3.05, 3.63) is 0 Å². The standard InChI is InChI=1S/C11H20O/c1-2-9-6-10-4-3-5-11(12,7-9)8-10/h9-10,12H,2-8H2,1H3/t9?,10?,11-/m0/s1. The van der Waals surface area contributed by atoms with Gasteiger partial charge in [0.1, 0.15) is 0 Å². The molecule has 2 saturated carbocycles. The Morgan fingerprint density at radius 1 is 1.42 bits per heavy atom. The minimum Gasteiger partial charge on any atom is -0.390 e. The molecule has 2 bridgehead atoms. The van der Waals surface area contributed by atoms with Crippen molar-refractivity contribution in [2.24, 2.45) is 11.8 Å². The first kappa shape index (κ1) is 8.55. The predicted octanol–water partition coefficient (Wildman–Crippen LogP) is 2.73. The van der Waals surface area contributed by atoms with Gasteiger partial charge in [0, 0.05) is 0 Å². The molecule has 3 atom stereocenters. The molecule has 0 heterocycles. The van der Waals surface area contributed by atoms with Gasteiger partial charge in [-0.1, -0.05) is 26.2 Å². The van der Waals surface area contributed by atoms with Gasteiger partial charge in [-0.25, -0.2) is 0 Å². The van der Waals surface area contributed by atoms with E-state index in [-0.39, 0.29) is 5.60 Å². The maximum absolute atomic E-state index is 10.2. The Labute approximate surface area is 75.2 Å². The summed E-state index contributed by atoms with van der Waals surface area (Å²) in [5.41, 5.74) is -0.248. The second-order valence-corrected chi connectivity index (χ2v) is 4.90. The van der Waals surface area contributed by atoms with Gasteiger partial charge in [-0.15, -0.1) is 0 Å². The highest BCUT2D eigenvalue weighted by atomic mass is 16.3. The molecule has 0 saturated heterocycles. The Morgan fingerprint density at radius 2 is 2.25 bits per heavy atom. The molecular formula is C11H20O. The summed E-state index contributed by atoms with van der Waals surface area (Å²) in [4.78, 5) is 0. The van der Waals surface area contributed by atoms with Gasteiger partial charge in [0.25, 0.3) is 0 Å². The molecule has 2 aliphatic carbocycles. The molecule has 0 spiro atoms. The maximum Gasteiger partial charge on any atom is 0.0653 e. The lowest BCUT2D eigenvalue weighted by Crippen LogP contribution is -2.42. The van der Waals surface area contributed by atoms with Crippen LogP contribution in [-0.2, 0) is 0 Å². The molecular weight excluding hydrogens is 148 g/mol. The summed E-state index contributed by atoms with van der Waals surface area (Å²) in [5.74, 6) is 1.66. The highest BCUT2D eigenvalue weighted by Crippen LogP contribution is 2.45. The van der Waals surface area contributed by atoms with Crippen LogP contribution in [0, 0.1) is 11.8 Å². The quantitative estimate of drug-likeness (QED) is 0.638. The second kappa shape index (κ2) is 3.02. The fourth-order valence-corrected chi connectivity index (χ4v) is 3.25. The fourth-order valence-electron chi connectivity index (χ4n) is 3.25. The van der Waals surface area contributed by atoms with E-state index in [4.69, 9.17) is 0 Å². The summed E-state index contributed by atoms with van der Waals surface area (Å²) in [5, 5.41) is 10.2. The average Bonchev–Trinajstić information content (AvgIpc) is 2.02. The molecule has 2 rings (SSSR count). The van der Waals surface area contributed by atoms with Crippen molar-refractivity contribution in [2.45, 2.75) is 57.5 Å². The Kier molecular flexibility index (Phi) is 2.16. The smallest absolute Gasteiger partial charge is 0.0653 e. The van der Waals surface area contributed by atoms with Crippen LogP contribution in [0.1, 0.15) is 51.9 Å². The Morgan fingerprint density at radius 3 is 2.92 bits per heavy atom. The molecule has 0 amide bonds.